The van der Waals surface area contributed by atoms with E-state index in [-0.39, 0.29) is 17.1 Å². The summed E-state index contributed by atoms with van der Waals surface area (Å²) in [6.07, 6.45) is 0. The van der Waals surface area contributed by atoms with Crippen LogP contribution in [0.4, 0.5) is 0 Å². The van der Waals surface area contributed by atoms with Gasteiger partial charge in [-0.15, -0.1) is 0 Å². The Bertz CT molecular complexity index is 59.4. The summed E-state index contributed by atoms with van der Waals surface area (Å²) in [6.45, 7) is 3.60. The molecule has 2 nitrogen and oxygen atoms in total. The number of rotatable bonds is 0. The first-order valence-electron chi connectivity index (χ1n) is 2.66. The van der Waals surface area contributed by atoms with Crippen molar-refractivity contribution >= 4 is 0 Å². The van der Waals surface area contributed by atoms with Crippen molar-refractivity contribution in [1.29, 1.82) is 0 Å². The Kier molecular flexibility index (Phi) is 3.65. The predicted octanol–water partition coefficient (Wildman–Crippen LogP) is -0.181. The molecule has 1 heterocycles. The van der Waals surface area contributed by atoms with Crippen molar-refractivity contribution in [3.8, 4) is 0 Å². The fourth-order valence-electron chi connectivity index (χ4n) is 0.895. The molecule has 0 atom stereocenters. The zero-order chi connectivity index (χ0) is 5.28. The first-order chi connectivity index (χ1) is 3.29. The topological polar surface area (TPSA) is 6.48 Å². The van der Waals surface area contributed by atoms with Crippen LogP contribution in [0.3, 0.4) is 0 Å². The Balaban J connectivity index is 0.000000490. The molecule has 0 aliphatic carbocycles. The summed E-state index contributed by atoms with van der Waals surface area (Å²) < 4.78 is 0. The minimum atomic E-state index is 0. The monoisotopic (exact) mass is 163 g/mol. The van der Waals surface area contributed by atoms with Gasteiger partial charge in [0.05, 0.1) is 6.67 Å². The third kappa shape index (κ3) is 2.14. The molecule has 3 heteroatoms. The van der Waals surface area contributed by atoms with Crippen LogP contribution >= 0.6 is 0 Å². The van der Waals surface area contributed by atoms with Gasteiger partial charge in [-0.3, -0.25) is 9.80 Å². The van der Waals surface area contributed by atoms with E-state index < -0.39 is 0 Å². The normalized spacial score (nSPS) is 23.2. The third-order valence-electron chi connectivity index (χ3n) is 1.35. The van der Waals surface area contributed by atoms with Crippen molar-refractivity contribution in [3.05, 3.63) is 0 Å². The van der Waals surface area contributed by atoms with E-state index in [1.54, 1.807) is 0 Å². The van der Waals surface area contributed by atoms with Crippen LogP contribution in [0.15, 0.2) is 0 Å². The van der Waals surface area contributed by atoms with E-state index in [0.717, 1.165) is 6.67 Å². The van der Waals surface area contributed by atoms with Gasteiger partial charge in [-0.25, -0.2) is 0 Å². The van der Waals surface area contributed by atoms with Crippen LogP contribution in [0.1, 0.15) is 0 Å². The van der Waals surface area contributed by atoms with Crippen LogP contribution < -0.4 is 0 Å². The summed E-state index contributed by atoms with van der Waals surface area (Å²) in [5.41, 5.74) is 0. The molecule has 0 spiro atoms. The molecule has 0 amide bonds. The van der Waals surface area contributed by atoms with Crippen molar-refractivity contribution in [1.82, 2.24) is 9.80 Å². The van der Waals surface area contributed by atoms with Gasteiger partial charge < -0.3 is 0 Å². The molecular formula is C5H12CuN2. The molecule has 0 aromatic carbocycles. The molecule has 0 aromatic heterocycles. The number of nitrogens with zero attached hydrogens (tertiary/aromatic N) is 2. The molecule has 0 unspecified atom stereocenters. The summed E-state index contributed by atoms with van der Waals surface area (Å²) in [6, 6.07) is 0. The van der Waals surface area contributed by atoms with E-state index in [0.29, 0.717) is 0 Å². The van der Waals surface area contributed by atoms with Gasteiger partial charge in [0.1, 0.15) is 0 Å². The molecule has 1 aliphatic rings. The van der Waals surface area contributed by atoms with Gasteiger partial charge >= 0.3 is 0 Å². The average Bonchev–Trinajstić information content (AvgIpc) is 1.87. The van der Waals surface area contributed by atoms with Gasteiger partial charge in [0.2, 0.25) is 0 Å². The maximum atomic E-state index is 2.31. The molecule has 0 bridgehead atoms. The van der Waals surface area contributed by atoms with E-state index in [4.69, 9.17) is 0 Å². The van der Waals surface area contributed by atoms with Crippen molar-refractivity contribution < 1.29 is 17.1 Å². The third-order valence-corrected chi connectivity index (χ3v) is 1.35. The Labute approximate surface area is 61.3 Å². The fraction of sp³-hybridized carbons (Fsp3) is 1.00. The molecule has 1 rings (SSSR count). The molecule has 0 N–H and O–H groups in total. The Hall–Kier alpha value is 0.439. The number of hydrogen-bond acceptors (Lipinski definition) is 2. The van der Waals surface area contributed by atoms with Crippen LogP contribution in [-0.2, 0) is 17.1 Å². The number of hydrogen-bond donors (Lipinski definition) is 0. The smallest absolute Gasteiger partial charge is 0.0501 e. The molecule has 0 saturated carbocycles. The van der Waals surface area contributed by atoms with Gasteiger partial charge in [-0.1, -0.05) is 0 Å². The molecule has 1 saturated heterocycles. The SMILES string of the molecule is CN1CCN(C)C1.[Cu]. The van der Waals surface area contributed by atoms with Crippen LogP contribution in [0.5, 0.6) is 0 Å². The molecular weight excluding hydrogens is 152 g/mol. The molecule has 1 aliphatic heterocycles. The van der Waals surface area contributed by atoms with Crippen molar-refractivity contribution in [2.75, 3.05) is 33.9 Å². The maximum Gasteiger partial charge on any atom is 0.0501 e. The van der Waals surface area contributed by atoms with Gasteiger partial charge in [0.15, 0.2) is 0 Å². The Morgan fingerprint density at radius 1 is 1.00 bits per heavy atom. The van der Waals surface area contributed by atoms with Crippen molar-refractivity contribution in [2.45, 2.75) is 0 Å². The predicted molar refractivity (Wildman–Crippen MR) is 30.1 cm³/mol. The van der Waals surface area contributed by atoms with E-state index in [2.05, 4.69) is 23.9 Å². The van der Waals surface area contributed by atoms with Crippen LogP contribution in [0.25, 0.3) is 0 Å². The van der Waals surface area contributed by atoms with E-state index >= 15 is 0 Å². The second-order valence-electron chi connectivity index (χ2n) is 2.30. The van der Waals surface area contributed by atoms with E-state index in [1.165, 1.54) is 13.1 Å². The molecule has 8 heavy (non-hydrogen) atoms. The molecule has 1 fully saturated rings. The minimum absolute atomic E-state index is 0. The largest absolute Gasteiger partial charge is 0.292 e. The quantitative estimate of drug-likeness (QED) is 0.458. The fourth-order valence-corrected chi connectivity index (χ4v) is 0.895. The van der Waals surface area contributed by atoms with E-state index in [1.807, 2.05) is 0 Å². The Morgan fingerprint density at radius 2 is 1.38 bits per heavy atom. The molecule has 1 radical (unpaired) electrons. The standard InChI is InChI=1S/C5H12N2.Cu/c1-6-3-4-7(2)5-6;/h3-5H2,1-2H3;. The first-order valence-corrected chi connectivity index (χ1v) is 2.66. The summed E-state index contributed by atoms with van der Waals surface area (Å²) in [5.74, 6) is 0. The van der Waals surface area contributed by atoms with E-state index in [9.17, 15) is 0 Å². The molecule has 0 aromatic rings. The zero-order valence-corrected chi connectivity index (χ0v) is 6.26. The summed E-state index contributed by atoms with van der Waals surface area (Å²) in [7, 11) is 4.28. The van der Waals surface area contributed by atoms with Gasteiger partial charge in [0.25, 0.3) is 0 Å². The Morgan fingerprint density at radius 3 is 1.50 bits per heavy atom. The van der Waals surface area contributed by atoms with Gasteiger partial charge in [-0.2, -0.15) is 0 Å². The minimum Gasteiger partial charge on any atom is -0.292 e. The number of likely N-dealkylation sites (N-methyl/N-ethyl adjacent to an activating group) is 2. The van der Waals surface area contributed by atoms with Crippen molar-refractivity contribution in [2.24, 2.45) is 0 Å². The summed E-state index contributed by atoms with van der Waals surface area (Å²) in [4.78, 5) is 4.61. The summed E-state index contributed by atoms with van der Waals surface area (Å²) in [5, 5.41) is 0. The van der Waals surface area contributed by atoms with Crippen molar-refractivity contribution in [3.63, 3.8) is 0 Å². The van der Waals surface area contributed by atoms with Crippen LogP contribution in [-0.4, -0.2) is 43.7 Å². The first kappa shape index (κ1) is 8.44. The maximum absolute atomic E-state index is 2.31. The molecule has 53 valence electrons. The summed E-state index contributed by atoms with van der Waals surface area (Å²) >= 11 is 0. The zero-order valence-electron chi connectivity index (χ0n) is 5.32. The second kappa shape index (κ2) is 3.46. The van der Waals surface area contributed by atoms with Crippen LogP contribution in [0.2, 0.25) is 0 Å². The van der Waals surface area contributed by atoms with Gasteiger partial charge in [-0.05, 0) is 14.1 Å². The average molecular weight is 164 g/mol. The van der Waals surface area contributed by atoms with Crippen LogP contribution in [0, 0.1) is 0 Å². The second-order valence-corrected chi connectivity index (χ2v) is 2.30. The van der Waals surface area contributed by atoms with Gasteiger partial charge in [0, 0.05) is 30.2 Å².